The normalized spacial score (nSPS) is 28.6. The van der Waals surface area contributed by atoms with Gasteiger partial charge in [-0.15, -0.1) is 0 Å². The molecule has 3 heteroatoms. The van der Waals surface area contributed by atoms with Crippen molar-refractivity contribution in [2.45, 2.75) is 51.4 Å². The molecule has 1 unspecified atom stereocenters. The van der Waals surface area contributed by atoms with E-state index in [1.54, 1.807) is 11.1 Å². The number of nitrogens with one attached hydrogen (secondary N) is 1. The zero-order chi connectivity index (χ0) is 13.9. The summed E-state index contributed by atoms with van der Waals surface area (Å²) < 4.78 is 0. The second-order valence-corrected chi connectivity index (χ2v) is 6.80. The van der Waals surface area contributed by atoms with Gasteiger partial charge in [-0.25, -0.2) is 0 Å². The first-order valence-corrected chi connectivity index (χ1v) is 8.29. The van der Waals surface area contributed by atoms with Crippen molar-refractivity contribution in [1.82, 2.24) is 10.2 Å². The lowest BCUT2D eigenvalue weighted by molar-refractivity contribution is 0.0603. The van der Waals surface area contributed by atoms with Crippen LogP contribution in [-0.2, 0) is 0 Å². The predicted octanol–water partition coefficient (Wildman–Crippen LogP) is 2.68. The van der Waals surface area contributed by atoms with Gasteiger partial charge in [0.1, 0.15) is 0 Å². The summed E-state index contributed by atoms with van der Waals surface area (Å²) in [6.45, 7) is 7.36. The highest BCUT2D eigenvalue weighted by Gasteiger charge is 2.34. The fraction of sp³-hybridized carbons (Fsp3) is 0.765. The molecule has 2 aliphatic heterocycles. The highest BCUT2D eigenvalue weighted by atomic mass is 15.2. The number of allylic oxidation sites excluding steroid dienone is 4. The molecule has 3 rings (SSSR count). The van der Waals surface area contributed by atoms with Crippen LogP contribution in [0.25, 0.3) is 0 Å². The molecule has 0 aromatic carbocycles. The zero-order valence-electron chi connectivity index (χ0n) is 12.8. The highest BCUT2D eigenvalue weighted by Crippen LogP contribution is 2.33. The molecule has 0 aromatic heterocycles. The minimum Gasteiger partial charge on any atom is -0.315 e. The van der Waals surface area contributed by atoms with Gasteiger partial charge < -0.3 is 5.32 Å². The van der Waals surface area contributed by atoms with Gasteiger partial charge in [-0.1, -0.05) is 29.1 Å². The SMILES string of the molecule is [B]CCC1=CC(C)=C(CC2CN(C3CCNC3)C2)CC1. The molecule has 1 N–H and O–H groups in total. The molecule has 0 saturated carbocycles. The lowest BCUT2D eigenvalue weighted by Gasteiger charge is -2.43. The topological polar surface area (TPSA) is 15.3 Å². The average molecular weight is 270 g/mol. The Morgan fingerprint density at radius 3 is 2.85 bits per heavy atom. The van der Waals surface area contributed by atoms with E-state index in [4.69, 9.17) is 7.85 Å². The van der Waals surface area contributed by atoms with Crippen LogP contribution in [0.5, 0.6) is 0 Å². The van der Waals surface area contributed by atoms with Crippen LogP contribution in [0.1, 0.15) is 39.0 Å². The summed E-state index contributed by atoms with van der Waals surface area (Å²) in [4.78, 5) is 2.68. The van der Waals surface area contributed by atoms with Crippen LogP contribution in [0.15, 0.2) is 22.8 Å². The molecule has 2 radical (unpaired) electrons. The summed E-state index contributed by atoms with van der Waals surface area (Å²) in [7, 11) is 5.66. The van der Waals surface area contributed by atoms with Gasteiger partial charge in [-0.05, 0) is 51.5 Å². The van der Waals surface area contributed by atoms with Gasteiger partial charge in [-0.3, -0.25) is 4.90 Å². The van der Waals surface area contributed by atoms with E-state index >= 15 is 0 Å². The molecular formula is C17H27BN2. The number of hydrogen-bond acceptors (Lipinski definition) is 2. The monoisotopic (exact) mass is 270 g/mol. The van der Waals surface area contributed by atoms with Gasteiger partial charge in [0.25, 0.3) is 0 Å². The summed E-state index contributed by atoms with van der Waals surface area (Å²) in [5, 5.41) is 3.47. The maximum absolute atomic E-state index is 5.66. The molecule has 0 spiro atoms. The third-order valence-electron chi connectivity index (χ3n) is 5.26. The minimum atomic E-state index is 0.793. The Hall–Kier alpha value is -0.535. The van der Waals surface area contributed by atoms with Crippen molar-refractivity contribution < 1.29 is 0 Å². The summed E-state index contributed by atoms with van der Waals surface area (Å²) in [5.74, 6) is 0.907. The number of nitrogens with zero attached hydrogens (tertiary/aromatic N) is 1. The van der Waals surface area contributed by atoms with Crippen molar-refractivity contribution in [1.29, 1.82) is 0 Å². The van der Waals surface area contributed by atoms with E-state index in [1.165, 1.54) is 57.4 Å². The first kappa shape index (κ1) is 14.4. The second-order valence-electron chi connectivity index (χ2n) is 6.80. The summed E-state index contributed by atoms with van der Waals surface area (Å²) in [6.07, 6.45) is 9.47. The van der Waals surface area contributed by atoms with E-state index < -0.39 is 0 Å². The Morgan fingerprint density at radius 1 is 1.35 bits per heavy atom. The minimum absolute atomic E-state index is 0.793. The van der Waals surface area contributed by atoms with Crippen LogP contribution in [0.2, 0.25) is 6.32 Å². The Labute approximate surface area is 125 Å². The third-order valence-corrected chi connectivity index (χ3v) is 5.26. The molecule has 0 amide bonds. The van der Waals surface area contributed by atoms with Gasteiger partial charge in [0, 0.05) is 25.7 Å². The first-order valence-electron chi connectivity index (χ1n) is 8.29. The predicted molar refractivity (Wildman–Crippen MR) is 86.1 cm³/mol. The molecule has 20 heavy (non-hydrogen) atoms. The van der Waals surface area contributed by atoms with Gasteiger partial charge in [0.05, 0.1) is 7.85 Å². The zero-order valence-corrected chi connectivity index (χ0v) is 12.8. The quantitative estimate of drug-likeness (QED) is 0.773. The number of rotatable bonds is 5. The molecule has 3 aliphatic rings. The largest absolute Gasteiger partial charge is 0.315 e. The van der Waals surface area contributed by atoms with Crippen molar-refractivity contribution in [3.63, 3.8) is 0 Å². The molecule has 2 heterocycles. The van der Waals surface area contributed by atoms with Gasteiger partial charge >= 0.3 is 0 Å². The molecule has 2 nitrogen and oxygen atoms in total. The average Bonchev–Trinajstić information content (AvgIpc) is 2.89. The molecule has 2 saturated heterocycles. The van der Waals surface area contributed by atoms with Crippen LogP contribution in [0.4, 0.5) is 0 Å². The van der Waals surface area contributed by atoms with Crippen molar-refractivity contribution in [2.24, 2.45) is 5.92 Å². The Balaban J connectivity index is 1.48. The number of likely N-dealkylation sites (tertiary alicyclic amines) is 1. The fourth-order valence-electron chi connectivity index (χ4n) is 3.97. The van der Waals surface area contributed by atoms with E-state index in [2.05, 4.69) is 23.2 Å². The van der Waals surface area contributed by atoms with Crippen molar-refractivity contribution in [3.05, 3.63) is 22.8 Å². The van der Waals surface area contributed by atoms with E-state index in [0.717, 1.165) is 24.7 Å². The molecule has 0 bridgehead atoms. The van der Waals surface area contributed by atoms with Crippen LogP contribution >= 0.6 is 0 Å². The molecule has 1 atom stereocenters. The van der Waals surface area contributed by atoms with Crippen molar-refractivity contribution in [2.75, 3.05) is 26.2 Å². The lowest BCUT2D eigenvalue weighted by Crippen LogP contribution is -2.52. The maximum Gasteiger partial charge on any atom is 0.0657 e. The summed E-state index contributed by atoms with van der Waals surface area (Å²) in [6, 6.07) is 0.823. The Kier molecular flexibility index (Phi) is 4.67. The van der Waals surface area contributed by atoms with Crippen LogP contribution in [-0.4, -0.2) is 45.0 Å². The third kappa shape index (κ3) is 3.20. The van der Waals surface area contributed by atoms with E-state index in [9.17, 15) is 0 Å². The van der Waals surface area contributed by atoms with Crippen LogP contribution in [0, 0.1) is 5.92 Å². The van der Waals surface area contributed by atoms with E-state index in [-0.39, 0.29) is 0 Å². The standard InChI is InChI=1S/C17H27BN2/c1-13-8-14(4-6-18)2-3-16(13)9-15-11-20(12-15)17-5-7-19-10-17/h8,15,17,19H,2-7,9-12H2,1H3. The Morgan fingerprint density at radius 2 is 2.20 bits per heavy atom. The molecule has 0 aromatic rings. The fourth-order valence-corrected chi connectivity index (χ4v) is 3.97. The van der Waals surface area contributed by atoms with Crippen molar-refractivity contribution >= 4 is 7.85 Å². The molecule has 2 fully saturated rings. The molecular weight excluding hydrogens is 243 g/mol. The van der Waals surface area contributed by atoms with Gasteiger partial charge in [0.15, 0.2) is 0 Å². The smallest absolute Gasteiger partial charge is 0.0657 e. The lowest BCUT2D eigenvalue weighted by atomic mass is 9.82. The maximum atomic E-state index is 5.66. The summed E-state index contributed by atoms with van der Waals surface area (Å²) >= 11 is 0. The van der Waals surface area contributed by atoms with Gasteiger partial charge in [-0.2, -0.15) is 0 Å². The molecule has 108 valence electrons. The van der Waals surface area contributed by atoms with E-state index in [0.29, 0.717) is 0 Å². The number of hydrogen-bond donors (Lipinski definition) is 1. The van der Waals surface area contributed by atoms with Crippen molar-refractivity contribution in [3.8, 4) is 0 Å². The Bertz CT molecular complexity index is 401. The second kappa shape index (κ2) is 6.49. The molecule has 1 aliphatic carbocycles. The van der Waals surface area contributed by atoms with Crippen LogP contribution < -0.4 is 5.32 Å². The van der Waals surface area contributed by atoms with Crippen LogP contribution in [0.3, 0.4) is 0 Å². The first-order chi connectivity index (χ1) is 9.76. The van der Waals surface area contributed by atoms with E-state index in [1.807, 2.05) is 0 Å². The highest BCUT2D eigenvalue weighted by molar-refractivity contribution is 6.08. The van der Waals surface area contributed by atoms with Gasteiger partial charge in [0.2, 0.25) is 0 Å². The summed E-state index contributed by atoms with van der Waals surface area (Å²) in [5.41, 5.74) is 4.79.